The number of aliphatic imine (C=N–C) groups is 1. The molecule has 9 heteroatoms. The van der Waals surface area contributed by atoms with Crippen LogP contribution >= 0.6 is 24.0 Å². The number of sulfonamides is 1. The molecule has 2 saturated carbocycles. The number of hydrogen-bond acceptors (Lipinski definition) is 4. The quantitative estimate of drug-likeness (QED) is 0.339. The number of nitrogens with zero attached hydrogens (tertiary/aromatic N) is 2. The van der Waals surface area contributed by atoms with Crippen molar-refractivity contribution in [3.63, 3.8) is 0 Å². The maximum Gasteiger partial charge on any atom is 0.213 e. The molecule has 1 spiro atoms. The van der Waals surface area contributed by atoms with Gasteiger partial charge in [0, 0.05) is 50.2 Å². The van der Waals surface area contributed by atoms with Gasteiger partial charge < -0.3 is 15.4 Å². The summed E-state index contributed by atoms with van der Waals surface area (Å²) in [6, 6.07) is 0.744. The Kier molecular flexibility index (Phi) is 6.64. The van der Waals surface area contributed by atoms with Gasteiger partial charge in [-0.1, -0.05) is 6.42 Å². The molecule has 0 aromatic carbocycles. The molecule has 4 aliphatic rings. The largest absolute Gasteiger partial charge is 0.377 e. The maximum absolute atomic E-state index is 12.0. The van der Waals surface area contributed by atoms with Crippen LogP contribution in [0.5, 0.6) is 0 Å². The third-order valence-electron chi connectivity index (χ3n) is 7.10. The van der Waals surface area contributed by atoms with E-state index < -0.39 is 10.0 Å². The number of piperidine rings is 1. The fourth-order valence-corrected chi connectivity index (χ4v) is 6.56. The average Bonchev–Trinajstić information content (AvgIpc) is 3.02. The van der Waals surface area contributed by atoms with Crippen LogP contribution in [-0.4, -0.2) is 69.4 Å². The van der Waals surface area contributed by atoms with E-state index in [1.807, 2.05) is 7.05 Å². The molecule has 3 atom stereocenters. The minimum absolute atomic E-state index is 0. The van der Waals surface area contributed by atoms with Gasteiger partial charge in [-0.2, -0.15) is 0 Å². The van der Waals surface area contributed by atoms with Gasteiger partial charge in [-0.25, -0.2) is 12.7 Å². The number of rotatable bonds is 4. The first-order valence-electron chi connectivity index (χ1n) is 10.1. The number of fused-ring (bicyclic) bond motifs is 2. The summed E-state index contributed by atoms with van der Waals surface area (Å²) in [6.07, 6.45) is 7.08. The molecule has 4 fully saturated rings. The SMILES string of the molecule is CCS(=O)(=O)N1CCC(NC(=NC)NC2C3CCOC3C23CCC3)CC1.I. The van der Waals surface area contributed by atoms with Gasteiger partial charge in [-0.3, -0.25) is 4.99 Å². The fourth-order valence-electron chi connectivity index (χ4n) is 5.43. The lowest BCUT2D eigenvalue weighted by atomic mass is 9.46. The molecule has 156 valence electrons. The van der Waals surface area contributed by atoms with Crippen LogP contribution in [0.15, 0.2) is 4.99 Å². The highest BCUT2D eigenvalue weighted by Gasteiger charge is 2.66. The molecule has 27 heavy (non-hydrogen) atoms. The van der Waals surface area contributed by atoms with Crippen LogP contribution in [0.3, 0.4) is 0 Å². The van der Waals surface area contributed by atoms with E-state index in [4.69, 9.17) is 4.74 Å². The molecule has 0 radical (unpaired) electrons. The second-order valence-corrected chi connectivity index (χ2v) is 10.5. The van der Waals surface area contributed by atoms with Crippen LogP contribution in [0.1, 0.15) is 45.4 Å². The van der Waals surface area contributed by atoms with Crippen molar-refractivity contribution in [2.24, 2.45) is 16.3 Å². The van der Waals surface area contributed by atoms with E-state index >= 15 is 0 Å². The molecular formula is C18H33IN4O3S. The van der Waals surface area contributed by atoms with E-state index in [2.05, 4.69) is 15.6 Å². The summed E-state index contributed by atoms with van der Waals surface area (Å²) >= 11 is 0. The van der Waals surface area contributed by atoms with Gasteiger partial charge in [0.05, 0.1) is 11.9 Å². The Morgan fingerprint density at radius 3 is 2.48 bits per heavy atom. The zero-order valence-corrected chi connectivity index (χ0v) is 19.5. The highest BCUT2D eigenvalue weighted by atomic mass is 127. The Morgan fingerprint density at radius 2 is 1.93 bits per heavy atom. The second kappa shape index (κ2) is 8.31. The van der Waals surface area contributed by atoms with Crippen molar-refractivity contribution in [3.05, 3.63) is 0 Å². The van der Waals surface area contributed by atoms with Gasteiger partial charge in [0.25, 0.3) is 0 Å². The van der Waals surface area contributed by atoms with Crippen molar-refractivity contribution in [1.82, 2.24) is 14.9 Å². The standard InChI is InChI=1S/C18H32N4O3S.HI/c1-3-26(23,24)22-10-5-13(6-11-22)20-17(19-2)21-15-14-7-12-25-16(14)18(15)8-4-9-18;/h13-16H,3-12H2,1-2H3,(H2,19,20,21);1H. The lowest BCUT2D eigenvalue weighted by Gasteiger charge is -2.63. The molecule has 4 rings (SSSR count). The molecule has 0 aromatic heterocycles. The van der Waals surface area contributed by atoms with Gasteiger partial charge in [-0.05, 0) is 39.0 Å². The van der Waals surface area contributed by atoms with Crippen molar-refractivity contribution in [3.8, 4) is 0 Å². The van der Waals surface area contributed by atoms with Crippen molar-refractivity contribution in [2.75, 3.05) is 32.5 Å². The normalized spacial score (nSPS) is 33.6. The summed E-state index contributed by atoms with van der Waals surface area (Å²) in [5, 5.41) is 7.23. The molecule has 0 aromatic rings. The van der Waals surface area contributed by atoms with Crippen LogP contribution in [0.4, 0.5) is 0 Å². The summed E-state index contributed by atoms with van der Waals surface area (Å²) in [6.45, 7) is 3.79. The van der Waals surface area contributed by atoms with E-state index in [0.29, 0.717) is 36.6 Å². The Morgan fingerprint density at radius 1 is 1.22 bits per heavy atom. The van der Waals surface area contributed by atoms with E-state index in [1.165, 1.54) is 19.3 Å². The molecule has 2 aliphatic carbocycles. The molecular weight excluding hydrogens is 479 g/mol. The van der Waals surface area contributed by atoms with E-state index in [1.54, 1.807) is 11.2 Å². The summed E-state index contributed by atoms with van der Waals surface area (Å²) in [7, 11) is -1.25. The highest BCUT2D eigenvalue weighted by molar-refractivity contribution is 14.0. The summed E-state index contributed by atoms with van der Waals surface area (Å²) < 4.78 is 31.6. The summed E-state index contributed by atoms with van der Waals surface area (Å²) in [4.78, 5) is 4.45. The van der Waals surface area contributed by atoms with Crippen molar-refractivity contribution >= 4 is 40.0 Å². The number of nitrogens with one attached hydrogen (secondary N) is 2. The molecule has 2 N–H and O–H groups in total. The van der Waals surface area contributed by atoms with E-state index in [-0.39, 0.29) is 35.8 Å². The van der Waals surface area contributed by atoms with Crippen LogP contribution in [0.25, 0.3) is 0 Å². The number of halogens is 1. The Hall–Kier alpha value is -0.130. The van der Waals surface area contributed by atoms with Crippen LogP contribution in [0.2, 0.25) is 0 Å². The molecule has 2 heterocycles. The predicted octanol–water partition coefficient (Wildman–Crippen LogP) is 1.54. The molecule has 2 aliphatic heterocycles. The topological polar surface area (TPSA) is 83.0 Å². The number of hydrogen-bond donors (Lipinski definition) is 2. The van der Waals surface area contributed by atoms with Gasteiger partial charge in [-0.15, -0.1) is 24.0 Å². The average molecular weight is 512 g/mol. The van der Waals surface area contributed by atoms with Crippen molar-refractivity contribution in [1.29, 1.82) is 0 Å². The molecule has 2 saturated heterocycles. The molecule has 0 bridgehead atoms. The van der Waals surface area contributed by atoms with Crippen molar-refractivity contribution in [2.45, 2.75) is 63.6 Å². The Balaban J connectivity index is 0.00000210. The van der Waals surface area contributed by atoms with E-state index in [9.17, 15) is 8.42 Å². The first-order valence-corrected chi connectivity index (χ1v) is 11.7. The lowest BCUT2D eigenvalue weighted by molar-refractivity contribution is -0.171. The minimum Gasteiger partial charge on any atom is -0.377 e. The maximum atomic E-state index is 12.0. The fraction of sp³-hybridized carbons (Fsp3) is 0.944. The monoisotopic (exact) mass is 512 g/mol. The Labute approximate surface area is 180 Å². The first kappa shape index (κ1) is 21.6. The van der Waals surface area contributed by atoms with Gasteiger partial charge in [0.15, 0.2) is 5.96 Å². The number of ether oxygens (including phenoxy) is 1. The first-order chi connectivity index (χ1) is 12.5. The predicted molar refractivity (Wildman–Crippen MR) is 117 cm³/mol. The summed E-state index contributed by atoms with van der Waals surface area (Å²) in [5.41, 5.74) is 0.331. The molecule has 7 nitrogen and oxygen atoms in total. The van der Waals surface area contributed by atoms with Crippen LogP contribution in [-0.2, 0) is 14.8 Å². The third kappa shape index (κ3) is 3.73. The lowest BCUT2D eigenvalue weighted by Crippen LogP contribution is -2.72. The van der Waals surface area contributed by atoms with Crippen molar-refractivity contribution < 1.29 is 13.2 Å². The molecule has 3 unspecified atom stereocenters. The zero-order chi connectivity index (χ0) is 18.4. The zero-order valence-electron chi connectivity index (χ0n) is 16.3. The summed E-state index contributed by atoms with van der Waals surface area (Å²) in [5.74, 6) is 1.66. The number of guanidine groups is 1. The third-order valence-corrected chi connectivity index (χ3v) is 8.99. The Bertz CT molecular complexity index is 660. The minimum atomic E-state index is -3.07. The van der Waals surface area contributed by atoms with Crippen LogP contribution in [0, 0.1) is 11.3 Å². The smallest absolute Gasteiger partial charge is 0.213 e. The second-order valence-electron chi connectivity index (χ2n) is 8.24. The highest BCUT2D eigenvalue weighted by Crippen LogP contribution is 2.62. The van der Waals surface area contributed by atoms with Gasteiger partial charge >= 0.3 is 0 Å². The molecule has 0 amide bonds. The van der Waals surface area contributed by atoms with Crippen LogP contribution < -0.4 is 10.6 Å². The van der Waals surface area contributed by atoms with Gasteiger partial charge in [0.2, 0.25) is 10.0 Å². The van der Waals surface area contributed by atoms with Gasteiger partial charge in [0.1, 0.15) is 0 Å². The van der Waals surface area contributed by atoms with E-state index in [0.717, 1.165) is 31.8 Å².